The van der Waals surface area contributed by atoms with Gasteiger partial charge in [0.05, 0.1) is 6.67 Å². The van der Waals surface area contributed by atoms with Crippen LogP contribution in [0.1, 0.15) is 29.6 Å². The molecule has 0 radical (unpaired) electrons. The lowest BCUT2D eigenvalue weighted by atomic mass is 10.2. The van der Waals surface area contributed by atoms with E-state index in [1.165, 1.54) is 0 Å². The van der Waals surface area contributed by atoms with Gasteiger partial charge in [-0.3, -0.25) is 9.18 Å². The van der Waals surface area contributed by atoms with E-state index in [2.05, 4.69) is 0 Å². The lowest BCUT2D eigenvalue weighted by Crippen LogP contribution is -2.04. The predicted molar refractivity (Wildman–Crippen MR) is 68.0 cm³/mol. The lowest BCUT2D eigenvalue weighted by Gasteiger charge is -2.05. The largest absolute Gasteiger partial charge is 0.282 e. The lowest BCUT2D eigenvalue weighted by molar-refractivity contribution is 0.108. The molecule has 0 aliphatic heterocycles. The second-order valence-electron chi connectivity index (χ2n) is 3.72. The molecule has 0 saturated heterocycles. The first kappa shape index (κ1) is 14.2. The molecule has 0 aliphatic rings. The Kier molecular flexibility index (Phi) is 6.86. The Morgan fingerprint density at radius 3 is 2.59 bits per heavy atom. The highest BCUT2D eigenvalue weighted by Gasteiger charge is 2.09. The third-order valence-electron chi connectivity index (χ3n) is 2.32. The van der Waals surface area contributed by atoms with Crippen LogP contribution in [0, 0.1) is 0 Å². The normalized spacial score (nSPS) is 12.4. The third kappa shape index (κ3) is 5.82. The molecular weight excluding hydrogens is 242 g/mol. The zero-order valence-corrected chi connectivity index (χ0v) is 10.4. The SMILES string of the molecule is O=C(SCCC(F)CCCF)c1ccccc1. The fraction of sp³-hybridized carbons (Fsp3) is 0.462. The number of alkyl halides is 2. The fourth-order valence-corrected chi connectivity index (χ4v) is 2.24. The Labute approximate surface area is 105 Å². The van der Waals surface area contributed by atoms with Gasteiger partial charge in [0.1, 0.15) is 6.17 Å². The Bertz CT molecular complexity index is 329. The molecule has 0 heterocycles. The molecule has 1 aromatic rings. The van der Waals surface area contributed by atoms with Gasteiger partial charge in [-0.05, 0) is 19.3 Å². The van der Waals surface area contributed by atoms with Crippen LogP contribution in [0.2, 0.25) is 0 Å². The van der Waals surface area contributed by atoms with E-state index in [0.29, 0.717) is 17.7 Å². The molecule has 1 rings (SSSR count). The van der Waals surface area contributed by atoms with E-state index in [9.17, 15) is 13.6 Å². The maximum Gasteiger partial charge on any atom is 0.219 e. The third-order valence-corrected chi connectivity index (χ3v) is 3.26. The highest BCUT2D eigenvalue weighted by Crippen LogP contribution is 2.16. The summed E-state index contributed by atoms with van der Waals surface area (Å²) in [6.07, 6.45) is -0.181. The zero-order valence-electron chi connectivity index (χ0n) is 9.57. The molecule has 0 bridgehead atoms. The summed E-state index contributed by atoms with van der Waals surface area (Å²) in [5, 5.41) is -0.0386. The molecule has 0 aromatic heterocycles. The van der Waals surface area contributed by atoms with Crippen LogP contribution in [0.15, 0.2) is 30.3 Å². The maximum atomic E-state index is 13.2. The highest BCUT2D eigenvalue weighted by atomic mass is 32.2. The van der Waals surface area contributed by atoms with Gasteiger partial charge in [0.2, 0.25) is 5.12 Å². The topological polar surface area (TPSA) is 17.1 Å². The molecule has 1 atom stereocenters. The summed E-state index contributed by atoms with van der Waals surface area (Å²) in [4.78, 5) is 11.6. The number of rotatable bonds is 7. The summed E-state index contributed by atoms with van der Waals surface area (Å²) in [6.45, 7) is -0.476. The standard InChI is InChI=1S/C13H16F2OS/c14-9-4-7-12(15)8-10-17-13(16)11-5-2-1-3-6-11/h1-3,5-6,12H,4,7-10H2. The summed E-state index contributed by atoms with van der Waals surface area (Å²) in [5.41, 5.74) is 0.636. The van der Waals surface area contributed by atoms with Crippen molar-refractivity contribution >= 4 is 16.9 Å². The molecule has 1 aromatic carbocycles. The van der Waals surface area contributed by atoms with E-state index in [4.69, 9.17) is 0 Å². The summed E-state index contributed by atoms with van der Waals surface area (Å²) in [7, 11) is 0. The Morgan fingerprint density at radius 1 is 1.24 bits per heavy atom. The van der Waals surface area contributed by atoms with Gasteiger partial charge in [-0.25, -0.2) is 4.39 Å². The number of thioether (sulfide) groups is 1. The second kappa shape index (κ2) is 8.23. The zero-order chi connectivity index (χ0) is 12.5. The highest BCUT2D eigenvalue weighted by molar-refractivity contribution is 8.14. The van der Waals surface area contributed by atoms with E-state index in [-0.39, 0.29) is 18.0 Å². The van der Waals surface area contributed by atoms with Crippen molar-refractivity contribution in [3.8, 4) is 0 Å². The van der Waals surface area contributed by atoms with Crippen LogP contribution < -0.4 is 0 Å². The van der Waals surface area contributed by atoms with Crippen molar-refractivity contribution in [3.05, 3.63) is 35.9 Å². The summed E-state index contributed by atoms with van der Waals surface area (Å²) in [6, 6.07) is 8.92. The molecule has 4 heteroatoms. The monoisotopic (exact) mass is 258 g/mol. The van der Waals surface area contributed by atoms with Gasteiger partial charge in [0.15, 0.2) is 0 Å². The average Bonchev–Trinajstić information content (AvgIpc) is 2.37. The van der Waals surface area contributed by atoms with Gasteiger partial charge < -0.3 is 0 Å². The quantitative estimate of drug-likeness (QED) is 0.734. The smallest absolute Gasteiger partial charge is 0.219 e. The molecule has 0 fully saturated rings. The van der Waals surface area contributed by atoms with Crippen LogP contribution in [-0.2, 0) is 0 Å². The molecular formula is C13H16F2OS. The van der Waals surface area contributed by atoms with Crippen LogP contribution in [0.3, 0.4) is 0 Å². The van der Waals surface area contributed by atoms with E-state index >= 15 is 0 Å². The van der Waals surface area contributed by atoms with Crippen molar-refractivity contribution < 1.29 is 13.6 Å². The van der Waals surface area contributed by atoms with Gasteiger partial charge in [-0.2, -0.15) is 0 Å². The fourth-order valence-electron chi connectivity index (χ4n) is 1.38. The van der Waals surface area contributed by atoms with Crippen LogP contribution in [0.25, 0.3) is 0 Å². The number of benzene rings is 1. The Balaban J connectivity index is 2.21. The van der Waals surface area contributed by atoms with Crippen LogP contribution >= 0.6 is 11.8 Å². The molecule has 0 saturated carbocycles. The van der Waals surface area contributed by atoms with Gasteiger partial charge in [0.25, 0.3) is 0 Å². The molecule has 0 amide bonds. The molecule has 1 unspecified atom stereocenters. The number of carbonyl (C=O) groups is 1. The number of hydrogen-bond donors (Lipinski definition) is 0. The molecule has 0 spiro atoms. The first-order valence-electron chi connectivity index (χ1n) is 5.66. The van der Waals surface area contributed by atoms with Crippen LogP contribution in [-0.4, -0.2) is 23.7 Å². The summed E-state index contributed by atoms with van der Waals surface area (Å²) in [5.74, 6) is 0.446. The first-order valence-corrected chi connectivity index (χ1v) is 6.65. The van der Waals surface area contributed by atoms with E-state index in [0.717, 1.165) is 11.8 Å². The average molecular weight is 258 g/mol. The van der Waals surface area contributed by atoms with E-state index < -0.39 is 12.8 Å². The van der Waals surface area contributed by atoms with Gasteiger partial charge in [-0.15, -0.1) is 0 Å². The molecule has 0 N–H and O–H groups in total. The maximum absolute atomic E-state index is 13.2. The van der Waals surface area contributed by atoms with Crippen molar-refractivity contribution in [2.24, 2.45) is 0 Å². The molecule has 0 aliphatic carbocycles. The van der Waals surface area contributed by atoms with Crippen molar-refractivity contribution in [1.29, 1.82) is 0 Å². The van der Waals surface area contributed by atoms with Crippen molar-refractivity contribution in [2.75, 3.05) is 12.4 Å². The predicted octanol–water partition coefficient (Wildman–Crippen LogP) is 4.04. The number of hydrogen-bond acceptors (Lipinski definition) is 2. The second-order valence-corrected chi connectivity index (χ2v) is 4.79. The molecule has 17 heavy (non-hydrogen) atoms. The van der Waals surface area contributed by atoms with Crippen LogP contribution in [0.4, 0.5) is 8.78 Å². The minimum absolute atomic E-state index is 0.0386. The minimum Gasteiger partial charge on any atom is -0.282 e. The van der Waals surface area contributed by atoms with E-state index in [1.54, 1.807) is 24.3 Å². The molecule has 94 valence electrons. The van der Waals surface area contributed by atoms with Gasteiger partial charge >= 0.3 is 0 Å². The Morgan fingerprint density at radius 2 is 1.94 bits per heavy atom. The summed E-state index contributed by atoms with van der Waals surface area (Å²) < 4.78 is 25.0. The van der Waals surface area contributed by atoms with Crippen LogP contribution in [0.5, 0.6) is 0 Å². The van der Waals surface area contributed by atoms with Crippen molar-refractivity contribution in [2.45, 2.75) is 25.4 Å². The summed E-state index contributed by atoms with van der Waals surface area (Å²) >= 11 is 1.12. The number of carbonyl (C=O) groups excluding carboxylic acids is 1. The Hall–Kier alpha value is -0.900. The van der Waals surface area contributed by atoms with Crippen molar-refractivity contribution in [3.63, 3.8) is 0 Å². The minimum atomic E-state index is -0.998. The van der Waals surface area contributed by atoms with E-state index in [1.807, 2.05) is 6.07 Å². The first-order chi connectivity index (χ1) is 8.24. The molecule has 1 nitrogen and oxygen atoms in total. The van der Waals surface area contributed by atoms with Crippen molar-refractivity contribution in [1.82, 2.24) is 0 Å². The number of halogens is 2. The van der Waals surface area contributed by atoms with Gasteiger partial charge in [-0.1, -0.05) is 42.1 Å². The van der Waals surface area contributed by atoms with Gasteiger partial charge in [0, 0.05) is 11.3 Å².